The molecule has 0 aliphatic carbocycles. The number of benzene rings is 1. The van der Waals surface area contributed by atoms with E-state index in [9.17, 15) is 0 Å². The highest BCUT2D eigenvalue weighted by atomic mass is 15.2. The zero-order valence-corrected chi connectivity index (χ0v) is 10.4. The highest BCUT2D eigenvalue weighted by Gasteiger charge is 2.21. The fourth-order valence-electron chi connectivity index (χ4n) is 2.19. The molecule has 0 spiro atoms. The molecule has 4 heteroatoms. The van der Waals surface area contributed by atoms with Gasteiger partial charge < -0.3 is 5.32 Å². The van der Waals surface area contributed by atoms with Crippen molar-refractivity contribution in [3.63, 3.8) is 0 Å². The summed E-state index contributed by atoms with van der Waals surface area (Å²) >= 11 is 0. The van der Waals surface area contributed by atoms with Crippen LogP contribution in [0.4, 0.5) is 0 Å². The van der Waals surface area contributed by atoms with Crippen molar-refractivity contribution >= 4 is 15.7 Å². The largest absolute Gasteiger partial charge is 0.325 e. The molecule has 1 saturated heterocycles. The van der Waals surface area contributed by atoms with Crippen LogP contribution in [-0.2, 0) is 6.54 Å². The predicted octanol–water partition coefficient (Wildman–Crippen LogP) is -0.598. The summed E-state index contributed by atoms with van der Waals surface area (Å²) in [5.74, 6) is 0. The minimum atomic E-state index is 0.297. The van der Waals surface area contributed by atoms with Gasteiger partial charge in [0, 0.05) is 19.6 Å². The average Bonchev–Trinajstić information content (AvgIpc) is 2.42. The van der Waals surface area contributed by atoms with Gasteiger partial charge in [-0.15, -0.1) is 0 Å². The van der Waals surface area contributed by atoms with Gasteiger partial charge in [-0.05, 0) is 23.9 Å². The second-order valence-corrected chi connectivity index (χ2v) is 5.32. The zero-order valence-electron chi connectivity index (χ0n) is 10.4. The maximum Gasteiger partial charge on any atom is 0.116 e. The number of rotatable bonds is 2. The Bertz CT molecular complexity index is 327. The van der Waals surface area contributed by atoms with E-state index in [-0.39, 0.29) is 0 Å². The van der Waals surface area contributed by atoms with Gasteiger partial charge in [0.2, 0.25) is 0 Å². The van der Waals surface area contributed by atoms with Crippen LogP contribution in [0.3, 0.4) is 0 Å². The Labute approximate surface area is 100 Å². The highest BCUT2D eigenvalue weighted by molar-refractivity contribution is 6.40. The molecule has 1 fully saturated rings. The molecule has 0 atom stereocenters. The predicted molar refractivity (Wildman–Crippen MR) is 74.2 cm³/mol. The van der Waals surface area contributed by atoms with Crippen LogP contribution in [0.2, 0.25) is 0 Å². The van der Waals surface area contributed by atoms with E-state index in [0.717, 1.165) is 19.6 Å². The first-order chi connectivity index (χ1) is 7.66. The fraction of sp³-hybridized carbons (Fsp3) is 0.500. The molecular formula is C12H20B2N2. The molecule has 1 aliphatic rings. The first kappa shape index (κ1) is 11.7. The summed E-state index contributed by atoms with van der Waals surface area (Å²) in [6.07, 6.45) is 1.22. The summed E-state index contributed by atoms with van der Waals surface area (Å²) in [7, 11) is 4.58. The van der Waals surface area contributed by atoms with Crippen molar-refractivity contribution < 1.29 is 0 Å². The van der Waals surface area contributed by atoms with Gasteiger partial charge in [-0.1, -0.05) is 30.3 Å². The van der Waals surface area contributed by atoms with Crippen LogP contribution >= 0.6 is 0 Å². The second kappa shape index (κ2) is 5.07. The van der Waals surface area contributed by atoms with Gasteiger partial charge in [-0.3, -0.25) is 4.90 Å². The number of hydrogen-bond donors (Lipinski definition) is 1. The van der Waals surface area contributed by atoms with Crippen LogP contribution in [0, 0.1) is 0 Å². The lowest BCUT2D eigenvalue weighted by atomic mass is 9.60. The minimum absolute atomic E-state index is 0.297. The van der Waals surface area contributed by atoms with Gasteiger partial charge in [-0.25, -0.2) is 0 Å². The Morgan fingerprint density at radius 3 is 2.69 bits per heavy atom. The first-order valence-electron chi connectivity index (χ1n) is 6.17. The Hall–Kier alpha value is -0.730. The Balaban J connectivity index is 1.92. The maximum absolute atomic E-state index is 3.59. The monoisotopic (exact) mass is 214 g/mol. The number of hydrogen-bond acceptors (Lipinski definition) is 2. The van der Waals surface area contributed by atoms with Gasteiger partial charge in [0.25, 0.3) is 0 Å². The molecule has 16 heavy (non-hydrogen) atoms. The second-order valence-electron chi connectivity index (χ2n) is 5.32. The van der Waals surface area contributed by atoms with Crippen LogP contribution in [0.15, 0.2) is 30.3 Å². The average molecular weight is 214 g/mol. The minimum Gasteiger partial charge on any atom is -0.325 e. The van der Waals surface area contributed by atoms with Gasteiger partial charge >= 0.3 is 0 Å². The number of nitrogens with one attached hydrogen (secondary N) is 1. The van der Waals surface area contributed by atoms with Gasteiger partial charge in [-0.2, -0.15) is 0 Å². The molecule has 1 aromatic carbocycles. The molecule has 0 aromatic heterocycles. The van der Waals surface area contributed by atoms with Gasteiger partial charge in [0.05, 0.1) is 0 Å². The molecule has 1 N–H and O–H groups in total. The van der Waals surface area contributed by atoms with Crippen molar-refractivity contribution in [1.82, 2.24) is 10.2 Å². The standard InChI is InChI=1S/C12H20B2N2/c13-12(14)6-8-16(9-7-15-12)10-11-4-2-1-3-5-11/h1-5,15H,6-10,13-14H2. The third-order valence-corrected chi connectivity index (χ3v) is 3.33. The molecule has 0 saturated carbocycles. The third kappa shape index (κ3) is 3.39. The van der Waals surface area contributed by atoms with Crippen LogP contribution in [-0.4, -0.2) is 45.6 Å². The first-order valence-corrected chi connectivity index (χ1v) is 6.17. The Morgan fingerprint density at radius 2 is 1.94 bits per heavy atom. The van der Waals surface area contributed by atoms with E-state index in [2.05, 4.69) is 56.2 Å². The molecule has 1 heterocycles. The van der Waals surface area contributed by atoms with E-state index in [4.69, 9.17) is 0 Å². The molecular weight excluding hydrogens is 194 g/mol. The van der Waals surface area contributed by atoms with Crippen LogP contribution in [0.5, 0.6) is 0 Å². The van der Waals surface area contributed by atoms with Crippen LogP contribution in [0.1, 0.15) is 12.0 Å². The van der Waals surface area contributed by atoms with E-state index < -0.39 is 0 Å². The van der Waals surface area contributed by atoms with Gasteiger partial charge in [0.15, 0.2) is 0 Å². The van der Waals surface area contributed by atoms with Crippen molar-refractivity contribution in [2.45, 2.75) is 18.3 Å². The molecule has 2 nitrogen and oxygen atoms in total. The normalized spacial score (nSPS) is 21.5. The van der Waals surface area contributed by atoms with Crippen molar-refractivity contribution in [2.24, 2.45) is 0 Å². The lowest BCUT2D eigenvalue weighted by molar-refractivity contribution is 0.283. The van der Waals surface area contributed by atoms with Crippen LogP contribution in [0.25, 0.3) is 0 Å². The molecule has 0 unspecified atom stereocenters. The molecule has 0 radical (unpaired) electrons. The van der Waals surface area contributed by atoms with E-state index in [1.165, 1.54) is 18.5 Å². The number of nitrogens with zero attached hydrogens (tertiary/aromatic N) is 1. The van der Waals surface area contributed by atoms with Crippen molar-refractivity contribution in [3.8, 4) is 0 Å². The Morgan fingerprint density at radius 1 is 1.19 bits per heavy atom. The van der Waals surface area contributed by atoms with E-state index in [0.29, 0.717) is 5.34 Å². The summed E-state index contributed by atoms with van der Waals surface area (Å²) in [6, 6.07) is 10.7. The lowest BCUT2D eigenvalue weighted by Gasteiger charge is -2.24. The quantitative estimate of drug-likeness (QED) is 0.661. The van der Waals surface area contributed by atoms with Gasteiger partial charge in [0.1, 0.15) is 15.7 Å². The molecule has 2 rings (SSSR count). The van der Waals surface area contributed by atoms with E-state index in [1.54, 1.807) is 0 Å². The lowest BCUT2D eigenvalue weighted by Crippen LogP contribution is -2.46. The van der Waals surface area contributed by atoms with Crippen molar-refractivity contribution in [1.29, 1.82) is 0 Å². The summed E-state index contributed by atoms with van der Waals surface area (Å²) in [5, 5.41) is 3.89. The maximum atomic E-state index is 3.59. The summed E-state index contributed by atoms with van der Waals surface area (Å²) in [4.78, 5) is 2.54. The van der Waals surface area contributed by atoms with E-state index >= 15 is 0 Å². The summed E-state index contributed by atoms with van der Waals surface area (Å²) in [5.41, 5.74) is 1.42. The molecule has 84 valence electrons. The molecule has 0 amide bonds. The zero-order chi connectivity index (χ0) is 11.4. The summed E-state index contributed by atoms with van der Waals surface area (Å²) in [6.45, 7) is 4.52. The van der Waals surface area contributed by atoms with Crippen molar-refractivity contribution in [2.75, 3.05) is 19.6 Å². The SMILES string of the molecule is BC1(B)CCN(Cc2ccccc2)CCN1. The topological polar surface area (TPSA) is 15.3 Å². The fourth-order valence-corrected chi connectivity index (χ4v) is 2.19. The molecule has 0 bridgehead atoms. The molecule has 1 aliphatic heterocycles. The summed E-state index contributed by atoms with van der Waals surface area (Å²) < 4.78 is 0. The third-order valence-electron chi connectivity index (χ3n) is 3.33. The Kier molecular flexibility index (Phi) is 3.72. The van der Waals surface area contributed by atoms with E-state index in [1.807, 2.05) is 0 Å². The highest BCUT2D eigenvalue weighted by Crippen LogP contribution is 2.10. The van der Waals surface area contributed by atoms with Crippen molar-refractivity contribution in [3.05, 3.63) is 35.9 Å². The smallest absolute Gasteiger partial charge is 0.116 e. The van der Waals surface area contributed by atoms with Crippen LogP contribution < -0.4 is 5.32 Å². The molecule has 1 aromatic rings.